The number of fused-ring (bicyclic) bond motifs is 1. The summed E-state index contributed by atoms with van der Waals surface area (Å²) in [5.74, 6) is 1.20. The van der Waals surface area contributed by atoms with Crippen LogP contribution in [0.2, 0.25) is 5.02 Å². The Bertz CT molecular complexity index is 1400. The van der Waals surface area contributed by atoms with Crippen LogP contribution < -0.4 is 14.2 Å². The SMILES string of the molecule is CCCOc1c(Cl)cc(-n2ccc3cc(OCC45CC(NS(C)(=O)=O)(C4)C5)ccc32)cc1C#N. The van der Waals surface area contributed by atoms with Gasteiger partial charge in [-0.3, -0.25) is 0 Å². The summed E-state index contributed by atoms with van der Waals surface area (Å²) in [5.41, 5.74) is 1.98. The highest BCUT2D eigenvalue weighted by Gasteiger charge is 2.69. The fraction of sp³-hybridized carbons (Fsp3) is 0.400. The zero-order valence-corrected chi connectivity index (χ0v) is 20.7. The average molecular weight is 500 g/mol. The lowest BCUT2D eigenvalue weighted by atomic mass is 9.40. The number of hydrogen-bond acceptors (Lipinski definition) is 5. The smallest absolute Gasteiger partial charge is 0.209 e. The molecule has 3 fully saturated rings. The number of ether oxygens (including phenoxy) is 2. The van der Waals surface area contributed by atoms with E-state index in [1.54, 1.807) is 12.1 Å². The molecule has 1 N–H and O–H groups in total. The lowest BCUT2D eigenvalue weighted by molar-refractivity contribution is -0.162. The van der Waals surface area contributed by atoms with E-state index in [1.165, 1.54) is 6.26 Å². The maximum atomic E-state index is 11.5. The highest BCUT2D eigenvalue weighted by atomic mass is 35.5. The summed E-state index contributed by atoms with van der Waals surface area (Å²) in [5, 5.41) is 11.0. The molecule has 2 bridgehead atoms. The van der Waals surface area contributed by atoms with Crippen molar-refractivity contribution < 1.29 is 17.9 Å². The molecule has 0 aliphatic heterocycles. The summed E-state index contributed by atoms with van der Waals surface area (Å²) in [6, 6.07) is 13.7. The summed E-state index contributed by atoms with van der Waals surface area (Å²) in [4.78, 5) is 0. The van der Waals surface area contributed by atoms with E-state index in [-0.39, 0.29) is 11.0 Å². The number of nitriles is 1. The Morgan fingerprint density at radius 1 is 1.18 bits per heavy atom. The molecule has 2 aromatic carbocycles. The molecule has 1 aromatic heterocycles. The van der Waals surface area contributed by atoms with Crippen molar-refractivity contribution in [3.05, 3.63) is 53.2 Å². The van der Waals surface area contributed by atoms with Gasteiger partial charge in [-0.15, -0.1) is 0 Å². The van der Waals surface area contributed by atoms with Crippen LogP contribution in [0.5, 0.6) is 11.5 Å². The normalized spacial score (nSPS) is 23.1. The van der Waals surface area contributed by atoms with Crippen molar-refractivity contribution in [1.29, 1.82) is 5.26 Å². The molecule has 0 amide bonds. The largest absolute Gasteiger partial charge is 0.493 e. The van der Waals surface area contributed by atoms with Gasteiger partial charge in [-0.25, -0.2) is 13.1 Å². The number of nitrogens with zero attached hydrogens (tertiary/aromatic N) is 2. The van der Waals surface area contributed by atoms with Gasteiger partial charge in [-0.1, -0.05) is 18.5 Å². The molecule has 1 heterocycles. The quantitative estimate of drug-likeness (QED) is 0.456. The zero-order valence-electron chi connectivity index (χ0n) is 19.1. The fourth-order valence-corrected chi connectivity index (χ4v) is 6.75. The van der Waals surface area contributed by atoms with E-state index in [9.17, 15) is 13.7 Å². The first-order valence-corrected chi connectivity index (χ1v) is 13.5. The minimum atomic E-state index is -3.18. The van der Waals surface area contributed by atoms with Gasteiger partial charge in [0.1, 0.15) is 11.8 Å². The predicted molar refractivity (Wildman–Crippen MR) is 131 cm³/mol. The van der Waals surface area contributed by atoms with Crippen LogP contribution in [0.15, 0.2) is 42.6 Å². The molecular weight excluding hydrogens is 474 g/mol. The van der Waals surface area contributed by atoms with Gasteiger partial charge in [0.15, 0.2) is 5.75 Å². The van der Waals surface area contributed by atoms with Crippen LogP contribution in [0.4, 0.5) is 0 Å². The van der Waals surface area contributed by atoms with Gasteiger partial charge in [0.25, 0.3) is 0 Å². The van der Waals surface area contributed by atoms with Gasteiger partial charge in [0.05, 0.1) is 35.6 Å². The van der Waals surface area contributed by atoms with Gasteiger partial charge in [-0.2, -0.15) is 5.26 Å². The van der Waals surface area contributed by atoms with E-state index in [2.05, 4.69) is 10.8 Å². The first-order chi connectivity index (χ1) is 16.1. The minimum absolute atomic E-state index is 0.0740. The van der Waals surface area contributed by atoms with Crippen LogP contribution in [-0.2, 0) is 10.0 Å². The van der Waals surface area contributed by atoms with Gasteiger partial charge in [0.2, 0.25) is 10.0 Å². The summed E-state index contributed by atoms with van der Waals surface area (Å²) in [7, 11) is -3.18. The molecule has 0 saturated heterocycles. The van der Waals surface area contributed by atoms with Crippen molar-refractivity contribution in [3.63, 3.8) is 0 Å². The zero-order chi connectivity index (χ0) is 24.1. The molecule has 9 heteroatoms. The number of halogens is 1. The number of rotatable bonds is 9. The second kappa shape index (κ2) is 8.19. The van der Waals surface area contributed by atoms with Crippen molar-refractivity contribution in [2.75, 3.05) is 19.5 Å². The molecule has 3 aliphatic carbocycles. The number of sulfonamides is 1. The Balaban J connectivity index is 1.31. The Hall–Kier alpha value is -2.73. The highest BCUT2D eigenvalue weighted by molar-refractivity contribution is 7.88. The third-order valence-corrected chi connectivity index (χ3v) is 7.71. The molecule has 6 rings (SSSR count). The highest BCUT2D eigenvalue weighted by Crippen LogP contribution is 2.67. The van der Waals surface area contributed by atoms with Crippen LogP contribution in [0.3, 0.4) is 0 Å². The average Bonchev–Trinajstić information content (AvgIpc) is 3.15. The van der Waals surface area contributed by atoms with Crippen LogP contribution in [0, 0.1) is 16.7 Å². The predicted octanol–water partition coefficient (Wildman–Crippen LogP) is 4.80. The molecule has 0 radical (unpaired) electrons. The molecule has 3 saturated carbocycles. The first kappa shape index (κ1) is 23.0. The Kier molecular flexibility index (Phi) is 5.55. The van der Waals surface area contributed by atoms with E-state index < -0.39 is 10.0 Å². The second-order valence-electron chi connectivity index (χ2n) is 9.64. The number of hydrogen-bond donors (Lipinski definition) is 1. The van der Waals surface area contributed by atoms with Gasteiger partial charge < -0.3 is 14.0 Å². The molecule has 7 nitrogen and oxygen atoms in total. The Labute approximate surface area is 204 Å². The molecule has 34 heavy (non-hydrogen) atoms. The fourth-order valence-electron chi connectivity index (χ4n) is 5.48. The molecular formula is C25H26ClN3O4S. The molecule has 178 valence electrons. The number of aromatic nitrogens is 1. The molecule has 0 atom stereocenters. The van der Waals surface area contributed by atoms with Crippen molar-refractivity contribution in [2.45, 2.75) is 38.1 Å². The van der Waals surface area contributed by atoms with Crippen LogP contribution >= 0.6 is 11.6 Å². The third-order valence-electron chi connectivity index (χ3n) is 6.63. The van der Waals surface area contributed by atoms with Gasteiger partial charge >= 0.3 is 0 Å². The van der Waals surface area contributed by atoms with Crippen LogP contribution in [0.25, 0.3) is 16.6 Å². The van der Waals surface area contributed by atoms with Crippen molar-refractivity contribution in [1.82, 2.24) is 9.29 Å². The maximum absolute atomic E-state index is 11.5. The topological polar surface area (TPSA) is 93.3 Å². The molecule has 0 spiro atoms. The summed E-state index contributed by atoms with van der Waals surface area (Å²) >= 11 is 6.45. The van der Waals surface area contributed by atoms with E-state index >= 15 is 0 Å². The lowest BCUT2D eigenvalue weighted by Gasteiger charge is -2.69. The van der Waals surface area contributed by atoms with Crippen LogP contribution in [0.1, 0.15) is 38.2 Å². The van der Waals surface area contributed by atoms with Crippen molar-refractivity contribution >= 4 is 32.5 Å². The standard InChI is InChI=1S/C25H26ClN3O4S/c1-3-8-32-23-18(12-27)9-19(11-21(23)26)29-7-6-17-10-20(4-5-22(17)29)33-16-24-13-25(14-24,15-24)28-34(2,30)31/h4-7,9-11,28H,3,8,13-16H2,1-2H3. The lowest BCUT2D eigenvalue weighted by Crippen LogP contribution is -2.76. The first-order valence-electron chi connectivity index (χ1n) is 11.2. The van der Waals surface area contributed by atoms with E-state index in [0.29, 0.717) is 29.5 Å². The summed E-state index contributed by atoms with van der Waals surface area (Å²) in [6.07, 6.45) is 6.45. The molecule has 3 aliphatic rings. The number of benzene rings is 2. The molecule has 3 aromatic rings. The Morgan fingerprint density at radius 2 is 1.94 bits per heavy atom. The van der Waals surface area contributed by atoms with E-state index in [4.69, 9.17) is 21.1 Å². The summed E-state index contributed by atoms with van der Waals surface area (Å²) < 4.78 is 39.5. The van der Waals surface area contributed by atoms with Crippen molar-refractivity contribution in [2.24, 2.45) is 5.41 Å². The monoisotopic (exact) mass is 499 g/mol. The van der Waals surface area contributed by atoms with Crippen molar-refractivity contribution in [3.8, 4) is 23.3 Å². The van der Waals surface area contributed by atoms with Gasteiger partial charge in [0, 0.05) is 28.2 Å². The second-order valence-corrected chi connectivity index (χ2v) is 11.8. The Morgan fingerprint density at radius 3 is 2.62 bits per heavy atom. The maximum Gasteiger partial charge on any atom is 0.209 e. The van der Waals surface area contributed by atoms with E-state index in [0.717, 1.165) is 48.0 Å². The van der Waals surface area contributed by atoms with Crippen LogP contribution in [-0.4, -0.2) is 38.0 Å². The molecule has 0 unspecified atom stereocenters. The minimum Gasteiger partial charge on any atom is -0.493 e. The number of nitrogens with one attached hydrogen (secondary N) is 1. The third kappa shape index (κ3) is 4.13. The summed E-state index contributed by atoms with van der Waals surface area (Å²) in [6.45, 7) is 3.08. The van der Waals surface area contributed by atoms with E-state index in [1.807, 2.05) is 42.0 Å². The van der Waals surface area contributed by atoms with Gasteiger partial charge in [-0.05, 0) is 62.1 Å².